The van der Waals surface area contributed by atoms with Crippen molar-refractivity contribution in [2.24, 2.45) is 0 Å². The normalized spacial score (nSPS) is 12.8. The molecule has 0 bridgehead atoms. The Bertz CT molecular complexity index is 1660. The third-order valence-corrected chi connectivity index (χ3v) is 15.3. The maximum absolute atomic E-state index is 12.9. The molecule has 0 aliphatic rings. The molecule has 0 rings (SSSR count). The molecule has 0 fully saturated rings. The van der Waals surface area contributed by atoms with E-state index in [2.05, 4.69) is 130 Å². The smallest absolute Gasteiger partial charge is 0.306 e. The van der Waals surface area contributed by atoms with Crippen molar-refractivity contribution in [2.45, 2.75) is 348 Å². The van der Waals surface area contributed by atoms with Crippen LogP contribution in [0.1, 0.15) is 342 Å². The average molecular weight is 1150 g/mol. The molecule has 0 heterocycles. The number of esters is 3. The lowest BCUT2D eigenvalue weighted by atomic mass is 10.0. The van der Waals surface area contributed by atoms with Crippen molar-refractivity contribution in [1.82, 2.24) is 0 Å². The molecule has 6 heteroatoms. The van der Waals surface area contributed by atoms with E-state index >= 15 is 0 Å². The lowest BCUT2D eigenvalue weighted by Crippen LogP contribution is -2.30. The zero-order valence-electron chi connectivity index (χ0n) is 54.7. The minimum absolute atomic E-state index is 0.0818. The summed E-state index contributed by atoms with van der Waals surface area (Å²) >= 11 is 0. The zero-order valence-corrected chi connectivity index (χ0v) is 54.7. The number of allylic oxidation sites excluding steroid dienone is 18. The van der Waals surface area contributed by atoms with Crippen LogP contribution in [0.5, 0.6) is 0 Å². The monoisotopic (exact) mass is 1150 g/mol. The van der Waals surface area contributed by atoms with Crippen LogP contribution < -0.4 is 0 Å². The Hall–Kier alpha value is -3.93. The second kappa shape index (κ2) is 70.6. The molecular formula is C77H132O6. The molecule has 0 amide bonds. The standard InChI is InChI=1S/C77H132O6/c1-4-7-10-13-16-19-21-23-25-27-29-31-32-33-34-35-36-37-38-39-40-41-42-43-44-46-47-49-51-53-55-58-61-64-67-70-76(79)82-73-74(72-81-75(78)69-66-63-60-57-18-15-12-9-6-3)83-77(80)71-68-65-62-59-56-54-52-50-48-45-30-28-26-24-22-20-17-14-11-8-5-2/h7-8,10-11,16-17,19-20,23-26,29-31,45,50,52,74H,4-6,9,12-15,18,21-22,27-28,32-44,46-49,51,53-73H2,1-3H3/b10-7-,11-8-,19-16-,20-17-,25-23-,26-24-,31-29-,45-30-,52-50-. The molecule has 0 radical (unpaired) electrons. The average Bonchev–Trinajstić information content (AvgIpc) is 3.49. The maximum atomic E-state index is 12.9. The third kappa shape index (κ3) is 68.7. The molecule has 0 aliphatic heterocycles. The largest absolute Gasteiger partial charge is 0.462 e. The SMILES string of the molecule is CC/C=C\C/C=C\C/C=C\C/C=C\C/C=C\CCCCCCCC(=O)OC(COC(=O)CCCCCCCCCCC)COC(=O)CCCCCCCCCCCCCCCCCCCCCCCC/C=C\C/C=C\C/C=C\C/C=C\CC. The fourth-order valence-corrected chi connectivity index (χ4v) is 10.1. The molecular weight excluding hydrogens is 1020 g/mol. The zero-order chi connectivity index (χ0) is 59.9. The van der Waals surface area contributed by atoms with Crippen molar-refractivity contribution >= 4 is 17.9 Å². The van der Waals surface area contributed by atoms with Crippen molar-refractivity contribution in [3.05, 3.63) is 109 Å². The highest BCUT2D eigenvalue weighted by molar-refractivity contribution is 5.71. The van der Waals surface area contributed by atoms with E-state index in [1.165, 1.54) is 167 Å². The second-order valence-electron chi connectivity index (χ2n) is 23.4. The summed E-state index contributed by atoms with van der Waals surface area (Å²) < 4.78 is 16.9. The van der Waals surface area contributed by atoms with E-state index < -0.39 is 6.10 Å². The van der Waals surface area contributed by atoms with Gasteiger partial charge < -0.3 is 14.2 Å². The first-order valence-electron chi connectivity index (χ1n) is 35.4. The van der Waals surface area contributed by atoms with Crippen LogP contribution in [0.4, 0.5) is 0 Å². The van der Waals surface area contributed by atoms with Gasteiger partial charge in [-0.2, -0.15) is 0 Å². The molecule has 0 N–H and O–H groups in total. The van der Waals surface area contributed by atoms with Crippen LogP contribution in [0.3, 0.4) is 0 Å². The van der Waals surface area contributed by atoms with Crippen LogP contribution in [0.15, 0.2) is 109 Å². The van der Waals surface area contributed by atoms with Crippen LogP contribution in [-0.2, 0) is 28.6 Å². The number of carbonyl (C=O) groups is 3. The Kier molecular flexibility index (Phi) is 67.2. The molecule has 0 saturated heterocycles. The van der Waals surface area contributed by atoms with Crippen molar-refractivity contribution in [3.63, 3.8) is 0 Å². The Morgan fingerprint density at radius 2 is 0.470 bits per heavy atom. The van der Waals surface area contributed by atoms with Gasteiger partial charge in [-0.15, -0.1) is 0 Å². The maximum Gasteiger partial charge on any atom is 0.306 e. The molecule has 0 spiro atoms. The molecule has 83 heavy (non-hydrogen) atoms. The minimum Gasteiger partial charge on any atom is -0.462 e. The van der Waals surface area contributed by atoms with E-state index in [1.807, 2.05) is 0 Å². The van der Waals surface area contributed by atoms with Crippen LogP contribution in [0, 0.1) is 0 Å². The van der Waals surface area contributed by atoms with Crippen molar-refractivity contribution in [1.29, 1.82) is 0 Å². The third-order valence-electron chi connectivity index (χ3n) is 15.3. The predicted octanol–water partition coefficient (Wildman–Crippen LogP) is 24.6. The molecule has 0 saturated carbocycles. The number of hydrogen-bond donors (Lipinski definition) is 0. The van der Waals surface area contributed by atoms with Crippen LogP contribution in [0.25, 0.3) is 0 Å². The lowest BCUT2D eigenvalue weighted by Gasteiger charge is -2.18. The van der Waals surface area contributed by atoms with Crippen LogP contribution >= 0.6 is 0 Å². The topological polar surface area (TPSA) is 78.9 Å². The van der Waals surface area contributed by atoms with Gasteiger partial charge in [-0.05, 0) is 103 Å². The molecule has 1 unspecified atom stereocenters. The Morgan fingerprint density at radius 3 is 0.735 bits per heavy atom. The van der Waals surface area contributed by atoms with Gasteiger partial charge in [-0.1, -0.05) is 329 Å². The van der Waals surface area contributed by atoms with Gasteiger partial charge in [0.25, 0.3) is 0 Å². The van der Waals surface area contributed by atoms with Gasteiger partial charge in [-0.3, -0.25) is 14.4 Å². The minimum atomic E-state index is -0.786. The summed E-state index contributed by atoms with van der Waals surface area (Å²) in [6.45, 7) is 6.41. The Labute approximate surface area is 514 Å². The van der Waals surface area contributed by atoms with E-state index in [0.29, 0.717) is 19.3 Å². The molecule has 0 aromatic carbocycles. The van der Waals surface area contributed by atoms with Crippen molar-refractivity contribution < 1.29 is 28.6 Å². The van der Waals surface area contributed by atoms with E-state index in [0.717, 1.165) is 135 Å². The Balaban J connectivity index is 4.08. The van der Waals surface area contributed by atoms with Gasteiger partial charge in [0.05, 0.1) is 0 Å². The van der Waals surface area contributed by atoms with Crippen LogP contribution in [-0.4, -0.2) is 37.2 Å². The predicted molar refractivity (Wildman–Crippen MR) is 362 cm³/mol. The number of ether oxygens (including phenoxy) is 3. The summed E-state index contributed by atoms with van der Waals surface area (Å²) in [5.74, 6) is -0.889. The number of carbonyl (C=O) groups excluding carboxylic acids is 3. The molecule has 476 valence electrons. The number of unbranched alkanes of at least 4 members (excludes halogenated alkanes) is 35. The molecule has 6 nitrogen and oxygen atoms in total. The molecule has 0 aliphatic carbocycles. The summed E-state index contributed by atoms with van der Waals surface area (Å²) in [5, 5.41) is 0. The first-order valence-corrected chi connectivity index (χ1v) is 35.4. The Morgan fingerprint density at radius 1 is 0.253 bits per heavy atom. The van der Waals surface area contributed by atoms with Gasteiger partial charge in [0.15, 0.2) is 6.10 Å². The van der Waals surface area contributed by atoms with E-state index in [9.17, 15) is 14.4 Å². The second-order valence-corrected chi connectivity index (χ2v) is 23.4. The first kappa shape index (κ1) is 79.1. The first-order chi connectivity index (χ1) is 41.0. The summed E-state index contributed by atoms with van der Waals surface area (Å²) in [5.41, 5.74) is 0. The fraction of sp³-hybridized carbons (Fsp3) is 0.727. The fourth-order valence-electron chi connectivity index (χ4n) is 10.1. The molecule has 0 aromatic rings. The van der Waals surface area contributed by atoms with Gasteiger partial charge in [0.2, 0.25) is 0 Å². The van der Waals surface area contributed by atoms with E-state index in [-0.39, 0.29) is 31.1 Å². The molecule has 1 atom stereocenters. The number of hydrogen-bond acceptors (Lipinski definition) is 6. The van der Waals surface area contributed by atoms with Gasteiger partial charge in [0.1, 0.15) is 13.2 Å². The van der Waals surface area contributed by atoms with Gasteiger partial charge >= 0.3 is 17.9 Å². The molecule has 0 aromatic heterocycles. The van der Waals surface area contributed by atoms with E-state index in [1.54, 1.807) is 0 Å². The highest BCUT2D eigenvalue weighted by Gasteiger charge is 2.19. The summed E-state index contributed by atoms with van der Waals surface area (Å²) in [6, 6.07) is 0. The van der Waals surface area contributed by atoms with Crippen molar-refractivity contribution in [3.8, 4) is 0 Å². The quantitative estimate of drug-likeness (QED) is 0.0261. The van der Waals surface area contributed by atoms with Gasteiger partial charge in [0, 0.05) is 19.3 Å². The lowest BCUT2D eigenvalue weighted by molar-refractivity contribution is -0.167. The van der Waals surface area contributed by atoms with E-state index in [4.69, 9.17) is 14.2 Å². The highest BCUT2D eigenvalue weighted by Crippen LogP contribution is 2.18. The van der Waals surface area contributed by atoms with Gasteiger partial charge in [-0.25, -0.2) is 0 Å². The number of rotatable bonds is 64. The highest BCUT2D eigenvalue weighted by atomic mass is 16.6. The van der Waals surface area contributed by atoms with Crippen molar-refractivity contribution in [2.75, 3.05) is 13.2 Å². The summed E-state index contributed by atoms with van der Waals surface area (Å²) in [7, 11) is 0. The summed E-state index contributed by atoms with van der Waals surface area (Å²) in [6.07, 6.45) is 97.1. The van der Waals surface area contributed by atoms with Crippen LogP contribution in [0.2, 0.25) is 0 Å². The summed E-state index contributed by atoms with van der Waals surface area (Å²) in [4.78, 5) is 38.3.